The maximum atomic E-state index is 14.1. The summed E-state index contributed by atoms with van der Waals surface area (Å²) in [4.78, 5) is 42.5. The summed E-state index contributed by atoms with van der Waals surface area (Å²) in [6.07, 6.45) is 3.98. The van der Waals surface area contributed by atoms with Gasteiger partial charge in [0.1, 0.15) is 16.3 Å². The molecule has 3 N–H and O–H groups in total. The van der Waals surface area contributed by atoms with Crippen LogP contribution in [0.2, 0.25) is 0 Å². The van der Waals surface area contributed by atoms with E-state index in [1.54, 1.807) is 31.5 Å². The number of hydrogen-bond acceptors (Lipinski definition) is 9. The molecule has 0 bridgehead atoms. The van der Waals surface area contributed by atoms with Crippen LogP contribution in [-0.2, 0) is 30.8 Å². The van der Waals surface area contributed by atoms with Crippen LogP contribution in [0.25, 0.3) is 11.3 Å². The fourth-order valence-electron chi connectivity index (χ4n) is 5.89. The third-order valence-electron chi connectivity index (χ3n) is 8.58. The molecule has 45 heavy (non-hydrogen) atoms. The number of carbonyl (C=O) groups excluding carboxylic acids is 3. The second-order valence-electron chi connectivity index (χ2n) is 11.8. The topological polar surface area (TPSA) is 154 Å². The summed E-state index contributed by atoms with van der Waals surface area (Å²) in [5.74, 6) is -1.18. The van der Waals surface area contributed by atoms with E-state index in [2.05, 4.69) is 21.1 Å². The van der Waals surface area contributed by atoms with Crippen molar-refractivity contribution >= 4 is 39.1 Å². The Labute approximate surface area is 267 Å². The number of fused-ring (bicyclic) bond motifs is 1. The smallest absolute Gasteiger partial charge is 0.253 e. The zero-order valence-electron chi connectivity index (χ0n) is 25.9. The first-order valence-corrected chi connectivity index (χ1v) is 17.5. The van der Waals surface area contributed by atoms with Gasteiger partial charge in [-0.2, -0.15) is 4.31 Å². The first-order chi connectivity index (χ1) is 21.5. The van der Waals surface area contributed by atoms with E-state index in [4.69, 9.17) is 4.52 Å². The van der Waals surface area contributed by atoms with Crippen LogP contribution >= 0.6 is 11.3 Å². The number of nitrogens with zero attached hydrogens (tertiary/aromatic N) is 3. The predicted molar refractivity (Wildman–Crippen MR) is 170 cm³/mol. The van der Waals surface area contributed by atoms with Gasteiger partial charge in [-0.05, 0) is 61.7 Å². The molecule has 1 aliphatic carbocycles. The quantitative estimate of drug-likeness (QED) is 0.301. The van der Waals surface area contributed by atoms with E-state index >= 15 is 0 Å². The maximum Gasteiger partial charge on any atom is 0.253 e. The van der Waals surface area contributed by atoms with Gasteiger partial charge in [-0.15, -0.1) is 11.3 Å². The fourth-order valence-corrected chi connectivity index (χ4v) is 8.82. The van der Waals surface area contributed by atoms with Crippen molar-refractivity contribution in [2.24, 2.45) is 5.92 Å². The van der Waals surface area contributed by atoms with Gasteiger partial charge in [0.2, 0.25) is 17.7 Å². The molecule has 1 unspecified atom stereocenters. The van der Waals surface area contributed by atoms with Crippen LogP contribution in [0.4, 0.5) is 0 Å². The van der Waals surface area contributed by atoms with Crippen LogP contribution in [0.5, 0.6) is 0 Å². The van der Waals surface area contributed by atoms with Gasteiger partial charge in [0.25, 0.3) is 10.0 Å². The average Bonchev–Trinajstić information content (AvgIpc) is 3.75. The minimum atomic E-state index is -4.07. The van der Waals surface area contributed by atoms with E-state index in [9.17, 15) is 22.8 Å². The molecule has 1 saturated heterocycles. The Kier molecular flexibility index (Phi) is 10.1. The number of rotatable bonds is 10. The van der Waals surface area contributed by atoms with Gasteiger partial charge in [-0.25, -0.2) is 8.42 Å². The molecule has 12 nitrogen and oxygen atoms in total. The molecule has 0 radical (unpaired) electrons. The Hall–Kier alpha value is -3.59. The average molecular weight is 657 g/mol. The highest BCUT2D eigenvalue weighted by Crippen LogP contribution is 2.35. The lowest BCUT2D eigenvalue weighted by Crippen LogP contribution is -2.65. The molecule has 1 fully saturated rings. The molecule has 3 amide bonds. The second-order valence-corrected chi connectivity index (χ2v) is 14.9. The van der Waals surface area contributed by atoms with Gasteiger partial charge >= 0.3 is 0 Å². The standard InChI is InChI=1S/C31H40N6O6S2/c1-19(2)27(35-28(38)20(3)32-4)30(40)37-16-15-36(45(41,42)31-23(13-17-44-31)26-12-14-33-43-26)18-25(37)29(39)34-24-11-7-9-21-8-5-6-10-22(21)24/h5-6,8,10,12-14,17,19-20,24-25,27,32H,7,9,11,15-16,18H2,1-4H3,(H,34,39)(H,35,38)/t20-,24?,25-,27-/m0/s1. The second kappa shape index (κ2) is 13.8. The summed E-state index contributed by atoms with van der Waals surface area (Å²) >= 11 is 1.05. The molecule has 1 aromatic carbocycles. The molecular formula is C31H40N6O6S2. The molecular weight excluding hydrogens is 617 g/mol. The van der Waals surface area contributed by atoms with E-state index in [1.165, 1.54) is 15.4 Å². The van der Waals surface area contributed by atoms with Crippen LogP contribution in [0.1, 0.15) is 50.8 Å². The highest BCUT2D eigenvalue weighted by Gasteiger charge is 2.44. The van der Waals surface area contributed by atoms with Gasteiger partial charge in [-0.1, -0.05) is 43.3 Å². The zero-order chi connectivity index (χ0) is 32.3. The molecule has 5 rings (SSSR count). The number of aromatic nitrogens is 1. The zero-order valence-corrected chi connectivity index (χ0v) is 27.5. The fraction of sp³-hybridized carbons (Fsp3) is 0.484. The number of sulfonamides is 1. The molecule has 242 valence electrons. The van der Waals surface area contributed by atoms with Crippen LogP contribution in [0.3, 0.4) is 0 Å². The van der Waals surface area contributed by atoms with Crippen molar-refractivity contribution in [2.45, 2.75) is 68.4 Å². The van der Waals surface area contributed by atoms with E-state index in [0.717, 1.165) is 41.7 Å². The Morgan fingerprint density at radius 1 is 1.09 bits per heavy atom. The van der Waals surface area contributed by atoms with Gasteiger partial charge in [-0.3, -0.25) is 14.4 Å². The lowest BCUT2D eigenvalue weighted by Gasteiger charge is -2.42. The number of carbonyl (C=O) groups is 3. The Balaban J connectivity index is 1.45. The van der Waals surface area contributed by atoms with Crippen molar-refractivity contribution < 1.29 is 27.3 Å². The van der Waals surface area contributed by atoms with Gasteiger partial charge in [0, 0.05) is 25.7 Å². The normalized spacial score (nSPS) is 20.3. The van der Waals surface area contributed by atoms with Crippen molar-refractivity contribution in [3.05, 3.63) is 59.1 Å². The molecule has 14 heteroatoms. The van der Waals surface area contributed by atoms with Crippen molar-refractivity contribution in [3.8, 4) is 11.3 Å². The summed E-state index contributed by atoms with van der Waals surface area (Å²) in [5.41, 5.74) is 2.57. The van der Waals surface area contributed by atoms with Crippen molar-refractivity contribution in [1.82, 2.24) is 30.3 Å². The number of amides is 3. The maximum absolute atomic E-state index is 14.1. The summed E-state index contributed by atoms with van der Waals surface area (Å²) in [6.45, 7) is 5.04. The minimum Gasteiger partial charge on any atom is -0.356 e. The van der Waals surface area contributed by atoms with Crippen molar-refractivity contribution in [2.75, 3.05) is 26.7 Å². The monoisotopic (exact) mass is 656 g/mol. The molecule has 3 heterocycles. The molecule has 0 spiro atoms. The number of hydrogen-bond donors (Lipinski definition) is 3. The lowest BCUT2D eigenvalue weighted by molar-refractivity contribution is -0.146. The molecule has 2 aliphatic rings. The Bertz CT molecular complexity index is 1620. The number of likely N-dealkylation sites (N-methyl/N-ethyl adjacent to an activating group) is 1. The molecule has 4 atom stereocenters. The van der Waals surface area contributed by atoms with Crippen LogP contribution < -0.4 is 16.0 Å². The van der Waals surface area contributed by atoms with Crippen LogP contribution in [0, 0.1) is 5.92 Å². The third kappa shape index (κ3) is 6.83. The molecule has 2 aromatic heterocycles. The van der Waals surface area contributed by atoms with Crippen molar-refractivity contribution in [3.63, 3.8) is 0 Å². The molecule has 0 saturated carbocycles. The highest BCUT2D eigenvalue weighted by atomic mass is 32.2. The number of nitrogens with one attached hydrogen (secondary N) is 3. The summed E-state index contributed by atoms with van der Waals surface area (Å²) < 4.78 is 34.6. The van der Waals surface area contributed by atoms with Crippen LogP contribution in [-0.4, -0.2) is 85.3 Å². The SMILES string of the molecule is CN[C@@H](C)C(=O)N[C@H](C(=O)N1CCN(S(=O)(=O)c2sccc2-c2ccno2)C[C@H]1C(=O)NC1CCCc2ccccc21)C(C)C. The van der Waals surface area contributed by atoms with Crippen molar-refractivity contribution in [1.29, 1.82) is 0 Å². The van der Waals surface area contributed by atoms with E-state index in [0.29, 0.717) is 11.3 Å². The predicted octanol–water partition coefficient (Wildman–Crippen LogP) is 2.55. The van der Waals surface area contributed by atoms with Crippen LogP contribution in [0.15, 0.2) is 56.7 Å². The van der Waals surface area contributed by atoms with Gasteiger partial charge in [0.15, 0.2) is 5.76 Å². The Morgan fingerprint density at radius 3 is 2.58 bits per heavy atom. The Morgan fingerprint density at radius 2 is 1.87 bits per heavy atom. The first kappa shape index (κ1) is 32.8. The minimum absolute atomic E-state index is 0.0243. The first-order valence-electron chi connectivity index (χ1n) is 15.2. The number of benzene rings is 1. The summed E-state index contributed by atoms with van der Waals surface area (Å²) in [7, 11) is -2.42. The number of thiophene rings is 1. The molecule has 3 aromatic rings. The number of piperazine rings is 1. The van der Waals surface area contributed by atoms with E-state index < -0.39 is 40.0 Å². The highest BCUT2D eigenvalue weighted by molar-refractivity contribution is 7.91. The lowest BCUT2D eigenvalue weighted by atomic mass is 9.87. The van der Waals surface area contributed by atoms with Gasteiger partial charge in [0.05, 0.1) is 23.8 Å². The summed E-state index contributed by atoms with van der Waals surface area (Å²) in [6, 6.07) is 8.37. The largest absolute Gasteiger partial charge is 0.356 e. The van der Waals surface area contributed by atoms with E-state index in [-0.39, 0.29) is 41.7 Å². The molecule has 1 aliphatic heterocycles. The summed E-state index contributed by atoms with van der Waals surface area (Å²) in [5, 5.41) is 14.2. The number of aryl methyl sites for hydroxylation is 1. The third-order valence-corrected chi connectivity index (χ3v) is 11.9. The van der Waals surface area contributed by atoms with Gasteiger partial charge < -0.3 is 25.4 Å². The van der Waals surface area contributed by atoms with E-state index in [1.807, 2.05) is 38.1 Å².